The summed E-state index contributed by atoms with van der Waals surface area (Å²) in [6, 6.07) is 13.4. The molecule has 0 radical (unpaired) electrons. The molecule has 0 atom stereocenters. The van der Waals surface area contributed by atoms with Crippen molar-refractivity contribution in [1.82, 2.24) is 0 Å². The highest BCUT2D eigenvalue weighted by Crippen LogP contribution is 2.33. The Bertz CT molecular complexity index is 570. The Morgan fingerprint density at radius 2 is 1.63 bits per heavy atom. The average molecular weight is 276 g/mol. The van der Waals surface area contributed by atoms with Gasteiger partial charge in [-0.15, -0.1) is 0 Å². The summed E-state index contributed by atoms with van der Waals surface area (Å²) >= 11 is 5.96. The third-order valence-corrected chi connectivity index (χ3v) is 3.29. The van der Waals surface area contributed by atoms with Crippen molar-refractivity contribution in [2.45, 2.75) is 26.2 Å². The third-order valence-electron chi connectivity index (χ3n) is 2.96. The van der Waals surface area contributed by atoms with Crippen molar-refractivity contribution in [2.24, 2.45) is 0 Å². The van der Waals surface area contributed by atoms with Crippen molar-refractivity contribution >= 4 is 17.3 Å². The summed E-state index contributed by atoms with van der Waals surface area (Å²) in [5.41, 5.74) is 7.73. The molecular formula is C16H18ClNO. The van der Waals surface area contributed by atoms with Crippen molar-refractivity contribution in [2.75, 3.05) is 5.73 Å². The SMILES string of the molecule is CC(C)(C)c1ccc(Oc2cccc(Cl)c2N)cc1. The van der Waals surface area contributed by atoms with Crippen LogP contribution in [0.25, 0.3) is 0 Å². The fraction of sp³-hybridized carbons (Fsp3) is 0.250. The predicted octanol–water partition coefficient (Wildman–Crippen LogP) is 5.01. The van der Waals surface area contributed by atoms with Crippen LogP contribution < -0.4 is 10.5 Å². The zero-order chi connectivity index (χ0) is 14.0. The quantitative estimate of drug-likeness (QED) is 0.782. The van der Waals surface area contributed by atoms with Gasteiger partial charge >= 0.3 is 0 Å². The number of nitrogen functional groups attached to an aromatic ring is 1. The van der Waals surface area contributed by atoms with Gasteiger partial charge in [0, 0.05) is 0 Å². The molecule has 0 spiro atoms. The molecule has 0 saturated heterocycles. The Hall–Kier alpha value is -1.67. The first kappa shape index (κ1) is 13.8. The summed E-state index contributed by atoms with van der Waals surface area (Å²) in [7, 11) is 0. The molecule has 2 N–H and O–H groups in total. The number of anilines is 1. The van der Waals surface area contributed by atoms with E-state index >= 15 is 0 Å². The van der Waals surface area contributed by atoms with Crippen molar-refractivity contribution in [3.05, 3.63) is 53.1 Å². The second-order valence-electron chi connectivity index (χ2n) is 5.53. The fourth-order valence-electron chi connectivity index (χ4n) is 1.76. The highest BCUT2D eigenvalue weighted by atomic mass is 35.5. The van der Waals surface area contributed by atoms with Gasteiger partial charge in [0.15, 0.2) is 5.75 Å². The van der Waals surface area contributed by atoms with Gasteiger partial charge in [-0.25, -0.2) is 0 Å². The zero-order valence-corrected chi connectivity index (χ0v) is 12.2. The van der Waals surface area contributed by atoms with Gasteiger partial charge < -0.3 is 10.5 Å². The molecule has 0 unspecified atom stereocenters. The average Bonchev–Trinajstić information content (AvgIpc) is 2.35. The van der Waals surface area contributed by atoms with E-state index < -0.39 is 0 Å². The standard InChI is InChI=1S/C16H18ClNO/c1-16(2,3)11-7-9-12(10-8-11)19-14-6-4-5-13(17)15(14)18/h4-10H,18H2,1-3H3. The first-order valence-corrected chi connectivity index (χ1v) is 6.58. The van der Waals surface area contributed by atoms with Gasteiger partial charge in [-0.1, -0.05) is 50.6 Å². The molecule has 2 aromatic rings. The first-order valence-electron chi connectivity index (χ1n) is 6.20. The summed E-state index contributed by atoms with van der Waals surface area (Å²) in [6.45, 7) is 6.54. The maximum Gasteiger partial charge on any atom is 0.151 e. The summed E-state index contributed by atoms with van der Waals surface area (Å²) in [4.78, 5) is 0. The maximum atomic E-state index is 5.96. The molecule has 2 aromatic carbocycles. The highest BCUT2D eigenvalue weighted by Gasteiger charge is 2.13. The Kier molecular flexibility index (Phi) is 3.72. The van der Waals surface area contributed by atoms with Gasteiger partial charge in [0.25, 0.3) is 0 Å². The van der Waals surface area contributed by atoms with Gasteiger partial charge in [-0.2, -0.15) is 0 Å². The van der Waals surface area contributed by atoms with Crippen LogP contribution in [0.15, 0.2) is 42.5 Å². The Morgan fingerprint density at radius 3 is 2.21 bits per heavy atom. The molecule has 2 rings (SSSR count). The van der Waals surface area contributed by atoms with E-state index in [0.29, 0.717) is 16.5 Å². The van der Waals surface area contributed by atoms with Crippen LogP contribution in [0.3, 0.4) is 0 Å². The van der Waals surface area contributed by atoms with E-state index in [9.17, 15) is 0 Å². The van der Waals surface area contributed by atoms with E-state index in [1.165, 1.54) is 5.56 Å². The lowest BCUT2D eigenvalue weighted by molar-refractivity contribution is 0.484. The Balaban J connectivity index is 2.23. The number of benzene rings is 2. The minimum atomic E-state index is 0.133. The van der Waals surface area contributed by atoms with Crippen LogP contribution in [-0.4, -0.2) is 0 Å². The number of halogens is 1. The van der Waals surface area contributed by atoms with Crippen LogP contribution >= 0.6 is 11.6 Å². The molecule has 0 aromatic heterocycles. The monoisotopic (exact) mass is 275 g/mol. The minimum absolute atomic E-state index is 0.133. The topological polar surface area (TPSA) is 35.2 Å². The van der Waals surface area contributed by atoms with E-state index in [-0.39, 0.29) is 5.41 Å². The second-order valence-corrected chi connectivity index (χ2v) is 5.94. The number of hydrogen-bond acceptors (Lipinski definition) is 2. The molecule has 19 heavy (non-hydrogen) atoms. The summed E-state index contributed by atoms with van der Waals surface area (Å²) in [5.74, 6) is 1.33. The van der Waals surface area contributed by atoms with E-state index in [0.717, 1.165) is 5.75 Å². The smallest absolute Gasteiger partial charge is 0.151 e. The van der Waals surface area contributed by atoms with Gasteiger partial charge in [0.2, 0.25) is 0 Å². The predicted molar refractivity (Wildman–Crippen MR) is 81.1 cm³/mol. The van der Waals surface area contributed by atoms with Gasteiger partial charge in [0.05, 0.1) is 10.7 Å². The third kappa shape index (κ3) is 3.21. The maximum absolute atomic E-state index is 5.96. The van der Waals surface area contributed by atoms with E-state index in [4.69, 9.17) is 22.1 Å². The lowest BCUT2D eigenvalue weighted by Gasteiger charge is -2.19. The Morgan fingerprint density at radius 1 is 1.00 bits per heavy atom. The van der Waals surface area contributed by atoms with Crippen LogP contribution in [0.4, 0.5) is 5.69 Å². The van der Waals surface area contributed by atoms with Crippen LogP contribution in [-0.2, 0) is 5.41 Å². The lowest BCUT2D eigenvalue weighted by Crippen LogP contribution is -2.10. The van der Waals surface area contributed by atoms with Gasteiger partial charge in [0.1, 0.15) is 5.75 Å². The van der Waals surface area contributed by atoms with E-state index in [2.05, 4.69) is 32.9 Å². The van der Waals surface area contributed by atoms with Crippen LogP contribution in [0, 0.1) is 0 Å². The number of rotatable bonds is 2. The summed E-state index contributed by atoms with van der Waals surface area (Å²) < 4.78 is 5.75. The molecule has 0 bridgehead atoms. The fourth-order valence-corrected chi connectivity index (χ4v) is 1.92. The molecule has 0 aliphatic rings. The molecule has 2 nitrogen and oxygen atoms in total. The number of nitrogens with two attached hydrogens (primary N) is 1. The van der Waals surface area contributed by atoms with Crippen LogP contribution in [0.5, 0.6) is 11.5 Å². The number of hydrogen-bond donors (Lipinski definition) is 1. The Labute approximate surface area is 119 Å². The van der Waals surface area contributed by atoms with Gasteiger partial charge in [-0.05, 0) is 35.2 Å². The van der Waals surface area contributed by atoms with E-state index in [1.54, 1.807) is 12.1 Å². The molecule has 0 aliphatic carbocycles. The number of para-hydroxylation sites is 1. The second kappa shape index (κ2) is 5.14. The molecule has 0 fully saturated rings. The van der Waals surface area contributed by atoms with Crippen molar-refractivity contribution in [3.8, 4) is 11.5 Å². The van der Waals surface area contributed by atoms with Crippen molar-refractivity contribution < 1.29 is 4.74 Å². The summed E-state index contributed by atoms with van der Waals surface area (Å²) in [6.07, 6.45) is 0. The van der Waals surface area contributed by atoms with E-state index in [1.807, 2.05) is 18.2 Å². The summed E-state index contributed by atoms with van der Waals surface area (Å²) in [5, 5.41) is 0.504. The van der Waals surface area contributed by atoms with Gasteiger partial charge in [-0.3, -0.25) is 0 Å². The molecule has 0 aliphatic heterocycles. The molecular weight excluding hydrogens is 258 g/mol. The molecule has 100 valence electrons. The molecule has 0 saturated carbocycles. The van der Waals surface area contributed by atoms with Crippen LogP contribution in [0.1, 0.15) is 26.3 Å². The molecule has 0 amide bonds. The highest BCUT2D eigenvalue weighted by molar-refractivity contribution is 6.33. The lowest BCUT2D eigenvalue weighted by atomic mass is 9.87. The molecule has 0 heterocycles. The van der Waals surface area contributed by atoms with Crippen molar-refractivity contribution in [3.63, 3.8) is 0 Å². The number of ether oxygens (including phenoxy) is 1. The minimum Gasteiger partial charge on any atom is -0.455 e. The van der Waals surface area contributed by atoms with Crippen molar-refractivity contribution in [1.29, 1.82) is 0 Å². The largest absolute Gasteiger partial charge is 0.455 e. The first-order chi connectivity index (χ1) is 8.88. The zero-order valence-electron chi connectivity index (χ0n) is 11.4. The normalized spacial score (nSPS) is 11.4. The van der Waals surface area contributed by atoms with Crippen LogP contribution in [0.2, 0.25) is 5.02 Å². The molecule has 3 heteroatoms.